The van der Waals surface area contributed by atoms with Gasteiger partial charge in [-0.1, -0.05) is 0 Å². The van der Waals surface area contributed by atoms with E-state index in [2.05, 4.69) is 44.5 Å². The molecule has 2 N–H and O–H groups in total. The fourth-order valence-electron chi connectivity index (χ4n) is 1.84. The Kier molecular flexibility index (Phi) is 4.77. The molecule has 2 heterocycles. The van der Waals surface area contributed by atoms with Crippen molar-refractivity contribution in [3.8, 4) is 0 Å². The Hall–Kier alpha value is -1.40. The van der Waals surface area contributed by atoms with E-state index >= 15 is 0 Å². The lowest BCUT2D eigenvalue weighted by Gasteiger charge is -2.14. The van der Waals surface area contributed by atoms with Gasteiger partial charge in [0.05, 0.1) is 11.6 Å². The number of nitrogens with one attached hydrogen (secondary N) is 2. The quantitative estimate of drug-likeness (QED) is 0.879. The van der Waals surface area contributed by atoms with Crippen LogP contribution in [0.1, 0.15) is 33.1 Å². The van der Waals surface area contributed by atoms with Crippen molar-refractivity contribution in [2.75, 3.05) is 12.4 Å². The standard InChI is InChI=1S/C14H16BrN3OS/c1-8-4-5-12(20-8)9(2)18-14(19)11-6-10(15)7-17-13(11)16-3/h4-7,9H,1-3H3,(H,16,17)(H,18,19). The van der Waals surface area contributed by atoms with E-state index in [-0.39, 0.29) is 11.9 Å². The SMILES string of the molecule is CNc1ncc(Br)cc1C(=O)NC(C)c1ccc(C)s1. The number of aryl methyl sites for hydroxylation is 1. The van der Waals surface area contributed by atoms with Gasteiger partial charge >= 0.3 is 0 Å². The summed E-state index contributed by atoms with van der Waals surface area (Å²) in [5.41, 5.74) is 0.530. The van der Waals surface area contributed by atoms with Gasteiger partial charge in [-0.15, -0.1) is 11.3 Å². The summed E-state index contributed by atoms with van der Waals surface area (Å²) in [7, 11) is 1.75. The summed E-state index contributed by atoms with van der Waals surface area (Å²) in [6.45, 7) is 4.04. The first-order valence-corrected chi connectivity index (χ1v) is 7.82. The summed E-state index contributed by atoms with van der Waals surface area (Å²) in [5.74, 6) is 0.432. The molecule has 20 heavy (non-hydrogen) atoms. The molecule has 2 rings (SSSR count). The highest BCUT2D eigenvalue weighted by atomic mass is 79.9. The number of rotatable bonds is 4. The molecule has 0 aliphatic heterocycles. The molecule has 0 aromatic carbocycles. The number of thiophene rings is 1. The molecular weight excluding hydrogens is 338 g/mol. The van der Waals surface area contributed by atoms with Crippen molar-refractivity contribution >= 4 is 39.0 Å². The van der Waals surface area contributed by atoms with Gasteiger partial charge in [0.2, 0.25) is 0 Å². The zero-order chi connectivity index (χ0) is 14.7. The maximum absolute atomic E-state index is 12.4. The van der Waals surface area contributed by atoms with Gasteiger partial charge < -0.3 is 10.6 Å². The van der Waals surface area contributed by atoms with E-state index in [0.29, 0.717) is 11.4 Å². The molecule has 1 unspecified atom stereocenters. The fourth-order valence-corrected chi connectivity index (χ4v) is 3.05. The van der Waals surface area contributed by atoms with Crippen LogP contribution in [-0.2, 0) is 0 Å². The highest BCUT2D eigenvalue weighted by Crippen LogP contribution is 2.24. The largest absolute Gasteiger partial charge is 0.372 e. The van der Waals surface area contributed by atoms with Crippen LogP contribution in [0.3, 0.4) is 0 Å². The van der Waals surface area contributed by atoms with Crippen molar-refractivity contribution in [2.45, 2.75) is 19.9 Å². The number of amides is 1. The molecule has 0 aliphatic rings. The highest BCUT2D eigenvalue weighted by Gasteiger charge is 2.16. The molecule has 2 aromatic heterocycles. The number of nitrogens with zero attached hydrogens (tertiary/aromatic N) is 1. The summed E-state index contributed by atoms with van der Waals surface area (Å²) in [6, 6.07) is 5.84. The molecule has 0 saturated carbocycles. The third-order valence-corrected chi connectivity index (χ3v) is 4.49. The summed E-state index contributed by atoms with van der Waals surface area (Å²) in [6.07, 6.45) is 1.66. The van der Waals surface area contributed by atoms with Crippen molar-refractivity contribution in [3.63, 3.8) is 0 Å². The van der Waals surface area contributed by atoms with Crippen LogP contribution >= 0.6 is 27.3 Å². The number of carbonyl (C=O) groups is 1. The van der Waals surface area contributed by atoms with Crippen molar-refractivity contribution in [2.24, 2.45) is 0 Å². The van der Waals surface area contributed by atoms with E-state index in [1.54, 1.807) is 30.6 Å². The van der Waals surface area contributed by atoms with Crippen molar-refractivity contribution < 1.29 is 4.79 Å². The lowest BCUT2D eigenvalue weighted by molar-refractivity contribution is 0.0941. The molecule has 6 heteroatoms. The van der Waals surface area contributed by atoms with Crippen molar-refractivity contribution in [3.05, 3.63) is 44.2 Å². The van der Waals surface area contributed by atoms with E-state index < -0.39 is 0 Å². The number of anilines is 1. The van der Waals surface area contributed by atoms with Crippen LogP contribution in [-0.4, -0.2) is 17.9 Å². The van der Waals surface area contributed by atoms with Gasteiger partial charge in [0, 0.05) is 27.5 Å². The molecule has 0 bridgehead atoms. The summed E-state index contributed by atoms with van der Waals surface area (Å²) >= 11 is 5.03. The lowest BCUT2D eigenvalue weighted by Crippen LogP contribution is -2.27. The maximum atomic E-state index is 12.4. The predicted octanol–water partition coefficient (Wildman–Crippen LogP) is 3.75. The molecule has 1 atom stereocenters. The molecule has 0 fully saturated rings. The molecule has 0 spiro atoms. The Morgan fingerprint density at radius 2 is 2.20 bits per heavy atom. The first-order chi connectivity index (χ1) is 9.51. The smallest absolute Gasteiger partial charge is 0.255 e. The normalized spacial score (nSPS) is 12.0. The minimum Gasteiger partial charge on any atom is -0.372 e. The number of hydrogen-bond donors (Lipinski definition) is 2. The molecule has 0 saturated heterocycles. The zero-order valence-electron chi connectivity index (χ0n) is 11.5. The average molecular weight is 354 g/mol. The van der Waals surface area contributed by atoms with Gasteiger partial charge in [-0.25, -0.2) is 4.98 Å². The third-order valence-electron chi connectivity index (χ3n) is 2.87. The minimum atomic E-state index is -0.137. The van der Waals surface area contributed by atoms with Gasteiger partial charge in [0.1, 0.15) is 5.82 Å². The minimum absolute atomic E-state index is 0.0233. The van der Waals surface area contributed by atoms with Crippen LogP contribution in [0.4, 0.5) is 5.82 Å². The summed E-state index contributed by atoms with van der Waals surface area (Å²) < 4.78 is 0.779. The van der Waals surface area contributed by atoms with Gasteiger partial charge in [-0.05, 0) is 48.0 Å². The second-order valence-electron chi connectivity index (χ2n) is 4.44. The van der Waals surface area contributed by atoms with E-state index in [9.17, 15) is 4.79 Å². The second-order valence-corrected chi connectivity index (χ2v) is 6.68. The van der Waals surface area contributed by atoms with Gasteiger partial charge in [0.15, 0.2) is 0 Å². The fraction of sp³-hybridized carbons (Fsp3) is 0.286. The van der Waals surface area contributed by atoms with Crippen LogP contribution in [0.5, 0.6) is 0 Å². The zero-order valence-corrected chi connectivity index (χ0v) is 13.9. The number of halogens is 1. The Labute approximate surface area is 130 Å². The molecule has 4 nitrogen and oxygen atoms in total. The first-order valence-electron chi connectivity index (χ1n) is 6.21. The van der Waals surface area contributed by atoms with Crippen molar-refractivity contribution in [1.82, 2.24) is 10.3 Å². The molecular formula is C14H16BrN3OS. The van der Waals surface area contributed by atoms with Crippen LogP contribution in [0.25, 0.3) is 0 Å². The molecule has 2 aromatic rings. The monoisotopic (exact) mass is 353 g/mol. The van der Waals surface area contributed by atoms with E-state index in [1.165, 1.54) is 4.88 Å². The Balaban J connectivity index is 2.18. The predicted molar refractivity (Wildman–Crippen MR) is 86.4 cm³/mol. The highest BCUT2D eigenvalue weighted by molar-refractivity contribution is 9.10. The summed E-state index contributed by atoms with van der Waals surface area (Å²) in [5, 5.41) is 5.93. The molecule has 0 radical (unpaired) electrons. The van der Waals surface area contributed by atoms with E-state index in [0.717, 1.165) is 9.35 Å². The number of pyridine rings is 1. The number of hydrogen-bond acceptors (Lipinski definition) is 4. The number of carbonyl (C=O) groups excluding carboxylic acids is 1. The summed E-state index contributed by atoms with van der Waals surface area (Å²) in [4.78, 5) is 18.9. The van der Waals surface area contributed by atoms with Gasteiger partial charge in [-0.2, -0.15) is 0 Å². The maximum Gasteiger partial charge on any atom is 0.255 e. The van der Waals surface area contributed by atoms with E-state index in [1.807, 2.05) is 13.0 Å². The first kappa shape index (κ1) is 15.0. The second kappa shape index (κ2) is 6.37. The average Bonchev–Trinajstić information content (AvgIpc) is 2.85. The Bertz CT molecular complexity index is 627. The molecule has 0 aliphatic carbocycles. The van der Waals surface area contributed by atoms with Crippen LogP contribution in [0.15, 0.2) is 28.9 Å². The molecule has 106 valence electrons. The van der Waals surface area contributed by atoms with Crippen LogP contribution in [0.2, 0.25) is 0 Å². The lowest BCUT2D eigenvalue weighted by atomic mass is 10.2. The van der Waals surface area contributed by atoms with Gasteiger partial charge in [0.25, 0.3) is 5.91 Å². The van der Waals surface area contributed by atoms with E-state index in [4.69, 9.17) is 0 Å². The third kappa shape index (κ3) is 3.37. The Morgan fingerprint density at radius 1 is 1.45 bits per heavy atom. The van der Waals surface area contributed by atoms with Crippen molar-refractivity contribution in [1.29, 1.82) is 0 Å². The van der Waals surface area contributed by atoms with Crippen LogP contribution < -0.4 is 10.6 Å². The van der Waals surface area contributed by atoms with Gasteiger partial charge in [-0.3, -0.25) is 4.79 Å². The Morgan fingerprint density at radius 3 is 2.80 bits per heavy atom. The van der Waals surface area contributed by atoms with Crippen LogP contribution in [0, 0.1) is 6.92 Å². The molecule has 1 amide bonds. The topological polar surface area (TPSA) is 54.0 Å². The number of aromatic nitrogens is 1.